The molecule has 0 radical (unpaired) electrons. The van der Waals surface area contributed by atoms with Gasteiger partial charge in [0.1, 0.15) is 0 Å². The normalized spacial score (nSPS) is 11.4. The van der Waals surface area contributed by atoms with Gasteiger partial charge in [0.05, 0.1) is 10.5 Å². The zero-order valence-corrected chi connectivity index (χ0v) is 10.4. The first-order chi connectivity index (χ1) is 9.29. The van der Waals surface area contributed by atoms with Gasteiger partial charge in [0.15, 0.2) is 0 Å². The van der Waals surface area contributed by atoms with E-state index in [0.717, 1.165) is 12.1 Å². The highest BCUT2D eigenvalue weighted by Crippen LogP contribution is 2.32. The van der Waals surface area contributed by atoms with Crippen molar-refractivity contribution in [2.75, 3.05) is 0 Å². The zero-order valence-electron chi connectivity index (χ0n) is 10.4. The highest BCUT2D eigenvalue weighted by molar-refractivity contribution is 5.66. The van der Waals surface area contributed by atoms with Crippen LogP contribution in [0.25, 0.3) is 11.1 Å². The Morgan fingerprint density at radius 2 is 1.55 bits per heavy atom. The lowest BCUT2D eigenvalue weighted by atomic mass is 10.0. The Morgan fingerprint density at radius 3 is 2.00 bits per heavy atom. The topological polar surface area (TPSA) is 43.1 Å². The number of nitro benzene ring substituents is 1. The fourth-order valence-electron chi connectivity index (χ4n) is 1.89. The van der Waals surface area contributed by atoms with Crippen molar-refractivity contribution in [1.82, 2.24) is 0 Å². The van der Waals surface area contributed by atoms with Gasteiger partial charge in [-0.15, -0.1) is 0 Å². The first kappa shape index (κ1) is 14.0. The molecular formula is C14H10F3NO2. The second-order valence-corrected chi connectivity index (χ2v) is 4.33. The molecule has 0 bridgehead atoms. The molecule has 2 aromatic rings. The lowest BCUT2D eigenvalue weighted by Crippen LogP contribution is -2.04. The predicted octanol–water partition coefficient (Wildman–Crippen LogP) is 4.59. The van der Waals surface area contributed by atoms with Gasteiger partial charge < -0.3 is 0 Å². The molecule has 0 saturated carbocycles. The summed E-state index contributed by atoms with van der Waals surface area (Å²) in [5.74, 6) is 0. The average Bonchev–Trinajstić information content (AvgIpc) is 2.37. The molecule has 0 aliphatic carbocycles. The van der Waals surface area contributed by atoms with E-state index < -0.39 is 16.7 Å². The summed E-state index contributed by atoms with van der Waals surface area (Å²) in [7, 11) is 0. The van der Waals surface area contributed by atoms with Crippen LogP contribution in [-0.2, 0) is 6.18 Å². The first-order valence-electron chi connectivity index (χ1n) is 5.72. The lowest BCUT2D eigenvalue weighted by Gasteiger charge is -2.08. The highest BCUT2D eigenvalue weighted by Gasteiger charge is 2.29. The fourth-order valence-corrected chi connectivity index (χ4v) is 1.89. The van der Waals surface area contributed by atoms with Crippen LogP contribution in [0.15, 0.2) is 42.5 Å². The number of nitro groups is 1. The number of hydrogen-bond acceptors (Lipinski definition) is 2. The Kier molecular flexibility index (Phi) is 3.48. The molecule has 0 N–H and O–H groups in total. The van der Waals surface area contributed by atoms with Crippen LogP contribution in [0, 0.1) is 17.0 Å². The van der Waals surface area contributed by atoms with Gasteiger partial charge >= 0.3 is 6.18 Å². The number of alkyl halides is 3. The van der Waals surface area contributed by atoms with Crippen molar-refractivity contribution in [1.29, 1.82) is 0 Å². The standard InChI is InChI=1S/C14H10F3NO2/c1-9-8-11(4-7-13(9)18(19)20)10-2-5-12(6-3-10)14(15,16)17/h2-8H,1H3. The van der Waals surface area contributed by atoms with E-state index in [1.54, 1.807) is 13.0 Å². The van der Waals surface area contributed by atoms with Gasteiger partial charge in [0.2, 0.25) is 0 Å². The number of aryl methyl sites for hydroxylation is 1. The summed E-state index contributed by atoms with van der Waals surface area (Å²) < 4.78 is 37.4. The van der Waals surface area contributed by atoms with Gasteiger partial charge in [-0.05, 0) is 42.3 Å². The van der Waals surface area contributed by atoms with E-state index in [1.807, 2.05) is 0 Å². The van der Waals surface area contributed by atoms with E-state index in [0.29, 0.717) is 16.7 Å². The summed E-state index contributed by atoms with van der Waals surface area (Å²) in [5, 5.41) is 10.7. The fraction of sp³-hybridized carbons (Fsp3) is 0.143. The van der Waals surface area contributed by atoms with Gasteiger partial charge in [-0.2, -0.15) is 13.2 Å². The van der Waals surface area contributed by atoms with E-state index in [-0.39, 0.29) is 5.69 Å². The third-order valence-corrected chi connectivity index (χ3v) is 2.94. The van der Waals surface area contributed by atoms with Crippen LogP contribution in [-0.4, -0.2) is 4.92 Å². The molecule has 20 heavy (non-hydrogen) atoms. The first-order valence-corrected chi connectivity index (χ1v) is 5.72. The van der Waals surface area contributed by atoms with Gasteiger partial charge in [-0.3, -0.25) is 10.1 Å². The van der Waals surface area contributed by atoms with Gasteiger partial charge in [0.25, 0.3) is 5.69 Å². The van der Waals surface area contributed by atoms with E-state index in [1.165, 1.54) is 24.3 Å². The molecule has 104 valence electrons. The summed E-state index contributed by atoms with van der Waals surface area (Å²) in [5.41, 5.74) is 0.950. The van der Waals surface area contributed by atoms with Crippen molar-refractivity contribution in [2.24, 2.45) is 0 Å². The number of benzene rings is 2. The Bertz CT molecular complexity index is 648. The Morgan fingerprint density at radius 1 is 1.00 bits per heavy atom. The monoisotopic (exact) mass is 281 g/mol. The van der Waals surface area contributed by atoms with Crippen LogP contribution in [0.4, 0.5) is 18.9 Å². The van der Waals surface area contributed by atoms with Crippen molar-refractivity contribution >= 4 is 5.69 Å². The number of hydrogen-bond donors (Lipinski definition) is 0. The molecule has 0 amide bonds. The second-order valence-electron chi connectivity index (χ2n) is 4.33. The van der Waals surface area contributed by atoms with E-state index in [4.69, 9.17) is 0 Å². The SMILES string of the molecule is Cc1cc(-c2ccc(C(F)(F)F)cc2)ccc1[N+](=O)[O-]. The lowest BCUT2D eigenvalue weighted by molar-refractivity contribution is -0.385. The summed E-state index contributed by atoms with van der Waals surface area (Å²) >= 11 is 0. The second kappa shape index (κ2) is 4.96. The van der Waals surface area contributed by atoms with Crippen LogP contribution in [0.3, 0.4) is 0 Å². The quantitative estimate of drug-likeness (QED) is 0.597. The Hall–Kier alpha value is -2.37. The number of halogens is 3. The third-order valence-electron chi connectivity index (χ3n) is 2.94. The molecule has 0 spiro atoms. The van der Waals surface area contributed by atoms with Gasteiger partial charge in [0, 0.05) is 11.6 Å². The molecule has 3 nitrogen and oxygen atoms in total. The molecule has 0 aliphatic rings. The molecular weight excluding hydrogens is 271 g/mol. The smallest absolute Gasteiger partial charge is 0.258 e. The largest absolute Gasteiger partial charge is 0.416 e. The summed E-state index contributed by atoms with van der Waals surface area (Å²) in [6.45, 7) is 1.59. The van der Waals surface area contributed by atoms with Crippen LogP contribution in [0.5, 0.6) is 0 Å². The Labute approximate surface area is 112 Å². The molecule has 0 aliphatic heterocycles. The molecule has 0 saturated heterocycles. The molecule has 2 rings (SSSR count). The minimum Gasteiger partial charge on any atom is -0.258 e. The molecule has 0 atom stereocenters. The van der Waals surface area contributed by atoms with Crippen LogP contribution in [0.2, 0.25) is 0 Å². The van der Waals surface area contributed by atoms with Crippen molar-refractivity contribution in [3.05, 3.63) is 63.7 Å². The number of nitrogens with zero attached hydrogens (tertiary/aromatic N) is 1. The zero-order chi connectivity index (χ0) is 14.9. The van der Waals surface area contributed by atoms with Gasteiger partial charge in [-0.25, -0.2) is 0 Å². The molecule has 0 heterocycles. The van der Waals surface area contributed by atoms with Crippen molar-refractivity contribution in [3.63, 3.8) is 0 Å². The maximum Gasteiger partial charge on any atom is 0.416 e. The molecule has 0 unspecified atom stereocenters. The van der Waals surface area contributed by atoms with Crippen LogP contribution < -0.4 is 0 Å². The van der Waals surface area contributed by atoms with Crippen molar-refractivity contribution < 1.29 is 18.1 Å². The minimum absolute atomic E-state index is 0.0133. The third kappa shape index (κ3) is 2.79. The predicted molar refractivity (Wildman–Crippen MR) is 68.3 cm³/mol. The van der Waals surface area contributed by atoms with Gasteiger partial charge in [-0.1, -0.05) is 12.1 Å². The summed E-state index contributed by atoms with van der Waals surface area (Å²) in [6, 6.07) is 9.14. The average molecular weight is 281 g/mol. The molecule has 6 heteroatoms. The maximum absolute atomic E-state index is 12.5. The molecule has 0 fully saturated rings. The van der Waals surface area contributed by atoms with E-state index in [2.05, 4.69) is 0 Å². The summed E-state index contributed by atoms with van der Waals surface area (Å²) in [6.07, 6.45) is -4.37. The Balaban J connectivity index is 2.37. The molecule has 2 aromatic carbocycles. The van der Waals surface area contributed by atoms with E-state index >= 15 is 0 Å². The maximum atomic E-state index is 12.5. The number of rotatable bonds is 2. The van der Waals surface area contributed by atoms with Crippen molar-refractivity contribution in [3.8, 4) is 11.1 Å². The summed E-state index contributed by atoms with van der Waals surface area (Å²) in [4.78, 5) is 10.2. The van der Waals surface area contributed by atoms with Crippen molar-refractivity contribution in [2.45, 2.75) is 13.1 Å². The van der Waals surface area contributed by atoms with Crippen LogP contribution >= 0.6 is 0 Å². The van der Waals surface area contributed by atoms with E-state index in [9.17, 15) is 23.3 Å². The minimum atomic E-state index is -4.37. The van der Waals surface area contributed by atoms with Crippen LogP contribution in [0.1, 0.15) is 11.1 Å². The highest BCUT2D eigenvalue weighted by atomic mass is 19.4. The molecule has 0 aromatic heterocycles.